The van der Waals surface area contributed by atoms with E-state index in [1.807, 2.05) is 11.4 Å². The summed E-state index contributed by atoms with van der Waals surface area (Å²) in [6, 6.07) is 10.4. The number of amides is 1. The fourth-order valence-electron chi connectivity index (χ4n) is 2.07. The van der Waals surface area contributed by atoms with Crippen molar-refractivity contribution in [2.45, 2.75) is 39.0 Å². The van der Waals surface area contributed by atoms with Crippen LogP contribution in [0.4, 0.5) is 0 Å². The van der Waals surface area contributed by atoms with Crippen molar-refractivity contribution in [1.29, 1.82) is 0 Å². The number of aromatic nitrogens is 1. The van der Waals surface area contributed by atoms with Gasteiger partial charge in [-0.2, -0.15) is 0 Å². The van der Waals surface area contributed by atoms with Gasteiger partial charge in [-0.25, -0.2) is 4.98 Å². The molecule has 0 aliphatic heterocycles. The summed E-state index contributed by atoms with van der Waals surface area (Å²) in [6.45, 7) is 2.88. The highest BCUT2D eigenvalue weighted by Gasteiger charge is 2.07. The number of hydrogen-bond donors (Lipinski definition) is 1. The van der Waals surface area contributed by atoms with Gasteiger partial charge < -0.3 is 5.32 Å². The largest absolute Gasteiger partial charge is 0.356 e. The Morgan fingerprint density at radius 3 is 2.81 bits per heavy atom. The summed E-state index contributed by atoms with van der Waals surface area (Å²) in [6.07, 6.45) is 4.46. The van der Waals surface area contributed by atoms with E-state index in [2.05, 4.69) is 41.5 Å². The van der Waals surface area contributed by atoms with Gasteiger partial charge in [0.1, 0.15) is 0 Å². The van der Waals surface area contributed by atoms with Gasteiger partial charge >= 0.3 is 0 Å². The Kier molecular flexibility index (Phi) is 6.41. The molecule has 1 aromatic heterocycles. The van der Waals surface area contributed by atoms with Crippen LogP contribution in [-0.2, 0) is 24.1 Å². The standard InChI is InChI=1S/C17H22N2OS/c1-2-3-11-18-16(20)12-15-13-21-17(19-15)10-9-14-7-5-4-6-8-14/h4-8,13H,2-3,9-12H2,1H3,(H,18,20). The number of carbonyl (C=O) groups is 1. The molecule has 1 amide bonds. The number of hydrogen-bond acceptors (Lipinski definition) is 3. The van der Waals surface area contributed by atoms with Gasteiger partial charge in [-0.1, -0.05) is 43.7 Å². The maximum absolute atomic E-state index is 11.7. The summed E-state index contributed by atoms with van der Waals surface area (Å²) in [5.41, 5.74) is 2.21. The third kappa shape index (κ3) is 5.68. The minimum Gasteiger partial charge on any atom is -0.356 e. The van der Waals surface area contributed by atoms with E-state index >= 15 is 0 Å². The molecule has 2 rings (SSSR count). The lowest BCUT2D eigenvalue weighted by Crippen LogP contribution is -2.26. The second-order valence-corrected chi connectivity index (χ2v) is 6.04. The van der Waals surface area contributed by atoms with Crippen molar-refractivity contribution in [1.82, 2.24) is 10.3 Å². The van der Waals surface area contributed by atoms with Crippen molar-refractivity contribution in [3.63, 3.8) is 0 Å². The summed E-state index contributed by atoms with van der Waals surface area (Å²) in [4.78, 5) is 16.3. The van der Waals surface area contributed by atoms with Crippen molar-refractivity contribution in [2.24, 2.45) is 0 Å². The Balaban J connectivity index is 1.77. The summed E-state index contributed by atoms with van der Waals surface area (Å²) in [5, 5.41) is 6.03. The molecule has 4 heteroatoms. The predicted octanol–water partition coefficient (Wildman–Crippen LogP) is 3.39. The minimum atomic E-state index is 0.0726. The number of nitrogens with zero attached hydrogens (tertiary/aromatic N) is 1. The molecule has 0 aliphatic carbocycles. The molecule has 0 saturated heterocycles. The Bertz CT molecular complexity index is 551. The zero-order valence-electron chi connectivity index (χ0n) is 12.5. The van der Waals surface area contributed by atoms with Gasteiger partial charge in [-0.3, -0.25) is 4.79 Å². The number of unbranched alkanes of at least 4 members (excludes halogenated alkanes) is 1. The molecule has 1 aromatic carbocycles. The Morgan fingerprint density at radius 2 is 2.05 bits per heavy atom. The maximum atomic E-state index is 11.7. The molecule has 0 atom stereocenters. The smallest absolute Gasteiger partial charge is 0.226 e. The molecule has 0 saturated carbocycles. The van der Waals surface area contributed by atoms with Crippen LogP contribution in [0.3, 0.4) is 0 Å². The van der Waals surface area contributed by atoms with Crippen LogP contribution in [0.1, 0.15) is 36.0 Å². The maximum Gasteiger partial charge on any atom is 0.226 e. The number of carbonyl (C=O) groups excluding carboxylic acids is 1. The lowest BCUT2D eigenvalue weighted by atomic mass is 10.1. The molecule has 2 aromatic rings. The quantitative estimate of drug-likeness (QED) is 0.760. The molecule has 112 valence electrons. The first-order chi connectivity index (χ1) is 10.3. The van der Waals surface area contributed by atoms with Gasteiger partial charge in [0.05, 0.1) is 17.1 Å². The van der Waals surface area contributed by atoms with Crippen LogP contribution in [0.5, 0.6) is 0 Å². The molecule has 0 fully saturated rings. The SMILES string of the molecule is CCCCNC(=O)Cc1csc(CCc2ccccc2)n1. The average molecular weight is 302 g/mol. The van der Waals surface area contributed by atoms with E-state index in [0.29, 0.717) is 6.42 Å². The van der Waals surface area contributed by atoms with E-state index in [0.717, 1.165) is 42.9 Å². The van der Waals surface area contributed by atoms with Crippen molar-refractivity contribution < 1.29 is 4.79 Å². The van der Waals surface area contributed by atoms with E-state index < -0.39 is 0 Å². The van der Waals surface area contributed by atoms with Crippen LogP contribution in [0.2, 0.25) is 0 Å². The first-order valence-corrected chi connectivity index (χ1v) is 8.40. The van der Waals surface area contributed by atoms with E-state index in [9.17, 15) is 4.79 Å². The van der Waals surface area contributed by atoms with E-state index in [-0.39, 0.29) is 5.91 Å². The summed E-state index contributed by atoms with van der Waals surface area (Å²) >= 11 is 1.65. The Morgan fingerprint density at radius 1 is 1.24 bits per heavy atom. The third-order valence-corrected chi connectivity index (χ3v) is 4.22. The highest BCUT2D eigenvalue weighted by Crippen LogP contribution is 2.13. The molecule has 1 heterocycles. The molecule has 0 spiro atoms. The highest BCUT2D eigenvalue weighted by molar-refractivity contribution is 7.09. The monoisotopic (exact) mass is 302 g/mol. The molecule has 3 nitrogen and oxygen atoms in total. The van der Waals surface area contributed by atoms with Crippen molar-refractivity contribution in [3.8, 4) is 0 Å². The molecule has 0 radical (unpaired) electrons. The van der Waals surface area contributed by atoms with Gasteiger partial charge in [-0.05, 0) is 18.4 Å². The van der Waals surface area contributed by atoms with Gasteiger partial charge in [-0.15, -0.1) is 11.3 Å². The average Bonchev–Trinajstić information content (AvgIpc) is 2.94. The molecule has 0 unspecified atom stereocenters. The van der Waals surface area contributed by atoms with E-state index in [1.54, 1.807) is 11.3 Å². The summed E-state index contributed by atoms with van der Waals surface area (Å²) in [5.74, 6) is 0.0726. The lowest BCUT2D eigenvalue weighted by Gasteiger charge is -2.02. The number of thiazole rings is 1. The van der Waals surface area contributed by atoms with Crippen LogP contribution in [0.25, 0.3) is 0 Å². The first-order valence-electron chi connectivity index (χ1n) is 7.52. The fourth-order valence-corrected chi connectivity index (χ4v) is 2.87. The zero-order chi connectivity index (χ0) is 14.9. The summed E-state index contributed by atoms with van der Waals surface area (Å²) < 4.78 is 0. The van der Waals surface area contributed by atoms with Crippen LogP contribution in [0.15, 0.2) is 35.7 Å². The number of benzene rings is 1. The van der Waals surface area contributed by atoms with Crippen LogP contribution >= 0.6 is 11.3 Å². The molecule has 21 heavy (non-hydrogen) atoms. The number of nitrogens with one attached hydrogen (secondary N) is 1. The van der Waals surface area contributed by atoms with Gasteiger partial charge in [0.25, 0.3) is 0 Å². The van der Waals surface area contributed by atoms with Crippen molar-refractivity contribution in [2.75, 3.05) is 6.54 Å². The highest BCUT2D eigenvalue weighted by atomic mass is 32.1. The number of aryl methyl sites for hydroxylation is 2. The third-order valence-electron chi connectivity index (χ3n) is 3.26. The van der Waals surface area contributed by atoms with Crippen molar-refractivity contribution >= 4 is 17.2 Å². The normalized spacial score (nSPS) is 10.5. The predicted molar refractivity (Wildman–Crippen MR) is 87.6 cm³/mol. The summed E-state index contributed by atoms with van der Waals surface area (Å²) in [7, 11) is 0. The molecule has 0 bridgehead atoms. The molecule has 1 N–H and O–H groups in total. The van der Waals surface area contributed by atoms with E-state index in [4.69, 9.17) is 0 Å². The van der Waals surface area contributed by atoms with Gasteiger partial charge in [0, 0.05) is 18.3 Å². The second kappa shape index (κ2) is 8.57. The van der Waals surface area contributed by atoms with Gasteiger partial charge in [0.15, 0.2) is 0 Å². The first kappa shape index (κ1) is 15.7. The second-order valence-electron chi connectivity index (χ2n) is 5.10. The van der Waals surface area contributed by atoms with E-state index in [1.165, 1.54) is 5.56 Å². The fraction of sp³-hybridized carbons (Fsp3) is 0.412. The molecular formula is C17H22N2OS. The van der Waals surface area contributed by atoms with Crippen LogP contribution in [0, 0.1) is 0 Å². The lowest BCUT2D eigenvalue weighted by molar-refractivity contribution is -0.120. The Labute approximate surface area is 130 Å². The van der Waals surface area contributed by atoms with Crippen LogP contribution < -0.4 is 5.32 Å². The topological polar surface area (TPSA) is 42.0 Å². The minimum absolute atomic E-state index is 0.0726. The van der Waals surface area contributed by atoms with Crippen LogP contribution in [-0.4, -0.2) is 17.4 Å². The Hall–Kier alpha value is -1.68. The molecule has 0 aliphatic rings. The zero-order valence-corrected chi connectivity index (χ0v) is 13.3. The number of rotatable bonds is 8. The molecular weight excluding hydrogens is 280 g/mol. The van der Waals surface area contributed by atoms with Gasteiger partial charge in [0.2, 0.25) is 5.91 Å². The van der Waals surface area contributed by atoms with Crippen molar-refractivity contribution in [3.05, 3.63) is 52.0 Å².